The van der Waals surface area contributed by atoms with Gasteiger partial charge in [0.05, 0.1) is 11.3 Å². The number of alkyl halides is 3. The molecule has 0 saturated carbocycles. The molecule has 0 atom stereocenters. The van der Waals surface area contributed by atoms with Gasteiger partial charge in [-0.3, -0.25) is 4.79 Å². The summed E-state index contributed by atoms with van der Waals surface area (Å²) in [7, 11) is 0. The SMILES string of the molecule is O=C(Nc1ccc(Cl)cc1C(F)(F)F)c1ccc(-c2cccc(Cl)c2)o1. The smallest absolute Gasteiger partial charge is 0.418 e. The van der Waals surface area contributed by atoms with E-state index >= 15 is 0 Å². The maximum absolute atomic E-state index is 13.1. The fourth-order valence-electron chi connectivity index (χ4n) is 2.30. The van der Waals surface area contributed by atoms with Crippen LogP contribution in [0.3, 0.4) is 0 Å². The second kappa shape index (κ2) is 7.05. The molecule has 3 aromatic rings. The van der Waals surface area contributed by atoms with Gasteiger partial charge >= 0.3 is 6.18 Å². The Morgan fingerprint density at radius 1 is 0.962 bits per heavy atom. The first-order valence-corrected chi connectivity index (χ1v) is 8.03. The molecule has 1 aromatic heterocycles. The Morgan fingerprint density at radius 2 is 1.69 bits per heavy atom. The molecule has 1 heterocycles. The zero-order chi connectivity index (χ0) is 18.9. The molecule has 0 unspecified atom stereocenters. The van der Waals surface area contributed by atoms with Crippen LogP contribution < -0.4 is 5.32 Å². The summed E-state index contributed by atoms with van der Waals surface area (Å²) in [6.45, 7) is 0. The van der Waals surface area contributed by atoms with Crippen LogP contribution in [0.1, 0.15) is 16.1 Å². The van der Waals surface area contributed by atoms with E-state index in [-0.39, 0.29) is 10.8 Å². The summed E-state index contributed by atoms with van der Waals surface area (Å²) in [5.41, 5.74) is -0.813. The summed E-state index contributed by atoms with van der Waals surface area (Å²) >= 11 is 11.5. The molecule has 0 fully saturated rings. The topological polar surface area (TPSA) is 42.2 Å². The number of hydrogen-bond donors (Lipinski definition) is 1. The minimum atomic E-state index is -4.66. The molecule has 0 spiro atoms. The molecule has 3 rings (SSSR count). The van der Waals surface area contributed by atoms with Crippen molar-refractivity contribution in [1.29, 1.82) is 0 Å². The number of carbonyl (C=O) groups excluding carboxylic acids is 1. The van der Waals surface area contributed by atoms with Gasteiger partial charge in [0.2, 0.25) is 0 Å². The van der Waals surface area contributed by atoms with Crippen LogP contribution in [0.5, 0.6) is 0 Å². The first-order chi connectivity index (χ1) is 12.2. The summed E-state index contributed by atoms with van der Waals surface area (Å²) in [5.74, 6) is -0.584. The average molecular weight is 400 g/mol. The number of anilines is 1. The Kier molecular flexibility index (Phi) is 4.98. The molecule has 1 N–H and O–H groups in total. The van der Waals surface area contributed by atoms with E-state index in [1.165, 1.54) is 18.2 Å². The van der Waals surface area contributed by atoms with Crippen LogP contribution in [0.15, 0.2) is 59.0 Å². The van der Waals surface area contributed by atoms with Crippen LogP contribution in [-0.2, 0) is 6.18 Å². The lowest BCUT2D eigenvalue weighted by Gasteiger charge is -2.13. The summed E-state index contributed by atoms with van der Waals surface area (Å²) in [6.07, 6.45) is -4.66. The number of furan rings is 1. The van der Waals surface area contributed by atoms with E-state index in [0.717, 1.165) is 12.1 Å². The lowest BCUT2D eigenvalue weighted by Crippen LogP contribution is -2.16. The standard InChI is InChI=1S/C18H10Cl2F3NO2/c19-11-3-1-2-10(8-11)15-6-7-16(26-15)17(25)24-14-5-4-12(20)9-13(14)18(21,22)23/h1-9H,(H,24,25). The summed E-state index contributed by atoms with van der Waals surface area (Å²) in [6, 6.07) is 12.8. The van der Waals surface area contributed by atoms with E-state index in [4.69, 9.17) is 27.6 Å². The summed E-state index contributed by atoms with van der Waals surface area (Å²) < 4.78 is 44.7. The molecule has 0 saturated heterocycles. The average Bonchev–Trinajstić information content (AvgIpc) is 3.06. The lowest BCUT2D eigenvalue weighted by molar-refractivity contribution is -0.136. The molecular weight excluding hydrogens is 390 g/mol. The van der Waals surface area contributed by atoms with Crippen molar-refractivity contribution in [3.8, 4) is 11.3 Å². The number of amides is 1. The van der Waals surface area contributed by atoms with Crippen molar-refractivity contribution < 1.29 is 22.4 Å². The van der Waals surface area contributed by atoms with Crippen molar-refractivity contribution in [2.24, 2.45) is 0 Å². The number of benzene rings is 2. The van der Waals surface area contributed by atoms with E-state index in [0.29, 0.717) is 16.3 Å². The lowest BCUT2D eigenvalue weighted by atomic mass is 10.1. The van der Waals surface area contributed by atoms with Gasteiger partial charge in [0, 0.05) is 15.6 Å². The van der Waals surface area contributed by atoms with Crippen molar-refractivity contribution in [2.45, 2.75) is 6.18 Å². The van der Waals surface area contributed by atoms with Crippen LogP contribution >= 0.6 is 23.2 Å². The molecule has 134 valence electrons. The van der Waals surface area contributed by atoms with Gasteiger partial charge < -0.3 is 9.73 Å². The monoisotopic (exact) mass is 399 g/mol. The number of hydrogen-bond acceptors (Lipinski definition) is 2. The Labute approximate surface area is 156 Å². The van der Waals surface area contributed by atoms with Gasteiger partial charge in [-0.25, -0.2) is 0 Å². The highest BCUT2D eigenvalue weighted by Crippen LogP contribution is 2.36. The molecule has 0 bridgehead atoms. The van der Waals surface area contributed by atoms with Crippen molar-refractivity contribution in [2.75, 3.05) is 5.32 Å². The van der Waals surface area contributed by atoms with Crippen LogP contribution in [-0.4, -0.2) is 5.91 Å². The van der Waals surface area contributed by atoms with Gasteiger partial charge in [0.15, 0.2) is 5.76 Å². The Bertz CT molecular complexity index is 967. The van der Waals surface area contributed by atoms with Crippen LogP contribution in [0.2, 0.25) is 10.0 Å². The van der Waals surface area contributed by atoms with Gasteiger partial charge in [0.25, 0.3) is 5.91 Å². The Balaban J connectivity index is 1.86. The van der Waals surface area contributed by atoms with Crippen LogP contribution in [0.4, 0.5) is 18.9 Å². The maximum atomic E-state index is 13.1. The van der Waals surface area contributed by atoms with Crippen LogP contribution in [0.25, 0.3) is 11.3 Å². The zero-order valence-electron chi connectivity index (χ0n) is 12.9. The highest BCUT2D eigenvalue weighted by Gasteiger charge is 2.34. The Hall–Kier alpha value is -2.44. The zero-order valence-corrected chi connectivity index (χ0v) is 14.4. The molecule has 0 aliphatic carbocycles. The third-order valence-corrected chi connectivity index (χ3v) is 3.94. The first kappa shape index (κ1) is 18.4. The van der Waals surface area contributed by atoms with Gasteiger partial charge in [0.1, 0.15) is 5.76 Å². The van der Waals surface area contributed by atoms with E-state index in [1.54, 1.807) is 24.3 Å². The summed E-state index contributed by atoms with van der Waals surface area (Å²) in [5, 5.41) is 2.60. The van der Waals surface area contributed by atoms with Gasteiger partial charge in [-0.1, -0.05) is 35.3 Å². The number of carbonyl (C=O) groups is 1. The van der Waals surface area contributed by atoms with Crippen molar-refractivity contribution >= 4 is 34.8 Å². The van der Waals surface area contributed by atoms with E-state index in [2.05, 4.69) is 5.32 Å². The Morgan fingerprint density at radius 3 is 2.38 bits per heavy atom. The molecule has 3 nitrogen and oxygen atoms in total. The normalized spacial score (nSPS) is 11.4. The minimum absolute atomic E-state index is 0.0865. The highest BCUT2D eigenvalue weighted by molar-refractivity contribution is 6.31. The molecular formula is C18H10Cl2F3NO2. The fourth-order valence-corrected chi connectivity index (χ4v) is 2.66. The highest BCUT2D eigenvalue weighted by atomic mass is 35.5. The number of nitrogens with one attached hydrogen (secondary N) is 1. The molecule has 0 radical (unpaired) electrons. The van der Waals surface area contributed by atoms with Crippen LogP contribution in [0, 0.1) is 0 Å². The van der Waals surface area contributed by atoms with Crippen molar-refractivity contribution in [3.05, 3.63) is 76.0 Å². The largest absolute Gasteiger partial charge is 0.451 e. The molecule has 0 aliphatic heterocycles. The molecule has 26 heavy (non-hydrogen) atoms. The van der Waals surface area contributed by atoms with E-state index in [9.17, 15) is 18.0 Å². The second-order valence-electron chi connectivity index (χ2n) is 5.32. The number of rotatable bonds is 3. The maximum Gasteiger partial charge on any atom is 0.418 e. The minimum Gasteiger partial charge on any atom is -0.451 e. The summed E-state index contributed by atoms with van der Waals surface area (Å²) in [4.78, 5) is 12.3. The van der Waals surface area contributed by atoms with Gasteiger partial charge in [-0.15, -0.1) is 0 Å². The number of halogens is 5. The first-order valence-electron chi connectivity index (χ1n) is 7.28. The van der Waals surface area contributed by atoms with Crippen molar-refractivity contribution in [3.63, 3.8) is 0 Å². The second-order valence-corrected chi connectivity index (χ2v) is 6.19. The third-order valence-electron chi connectivity index (χ3n) is 3.47. The van der Waals surface area contributed by atoms with Gasteiger partial charge in [-0.2, -0.15) is 13.2 Å². The quantitative estimate of drug-likeness (QED) is 0.544. The fraction of sp³-hybridized carbons (Fsp3) is 0.0556. The molecule has 8 heteroatoms. The predicted molar refractivity (Wildman–Crippen MR) is 93.6 cm³/mol. The molecule has 2 aromatic carbocycles. The van der Waals surface area contributed by atoms with Gasteiger partial charge in [-0.05, 0) is 42.5 Å². The predicted octanol–water partition coefficient (Wildman–Crippen LogP) is 6.52. The molecule has 0 aliphatic rings. The molecule has 1 amide bonds. The van der Waals surface area contributed by atoms with E-state index < -0.39 is 23.3 Å². The van der Waals surface area contributed by atoms with E-state index in [1.807, 2.05) is 0 Å². The van der Waals surface area contributed by atoms with Crippen molar-refractivity contribution in [1.82, 2.24) is 0 Å². The third kappa shape index (κ3) is 4.03.